The summed E-state index contributed by atoms with van der Waals surface area (Å²) >= 11 is 0. The van der Waals surface area contributed by atoms with Gasteiger partial charge in [-0.3, -0.25) is 0 Å². The number of ether oxygens (including phenoxy) is 1. The quantitative estimate of drug-likeness (QED) is 0.543. The van der Waals surface area contributed by atoms with Gasteiger partial charge in [-0.1, -0.05) is 24.3 Å². The van der Waals surface area contributed by atoms with Crippen LogP contribution in [0.25, 0.3) is 28.2 Å². The summed E-state index contributed by atoms with van der Waals surface area (Å²) in [5.41, 5.74) is 2.80. The Morgan fingerprint density at radius 3 is 2.82 bits per heavy atom. The van der Waals surface area contributed by atoms with E-state index in [1.807, 2.05) is 24.3 Å². The first-order valence-corrected chi connectivity index (χ1v) is 8.99. The average Bonchev–Trinajstić information content (AvgIpc) is 3.09. The fourth-order valence-corrected chi connectivity index (χ4v) is 3.44. The minimum absolute atomic E-state index is 0. The molecule has 1 N–H and O–H groups in total. The highest BCUT2D eigenvalue weighted by atomic mass is 35.5. The Kier molecular flexibility index (Phi) is 6.15. The van der Waals surface area contributed by atoms with Crippen LogP contribution in [0.3, 0.4) is 0 Å². The molecule has 6 heteroatoms. The van der Waals surface area contributed by atoms with Gasteiger partial charge in [0.25, 0.3) is 0 Å². The second-order valence-electron chi connectivity index (χ2n) is 6.72. The highest BCUT2D eigenvalue weighted by molar-refractivity contribution is 5.85. The van der Waals surface area contributed by atoms with Gasteiger partial charge in [0.1, 0.15) is 17.4 Å². The van der Waals surface area contributed by atoms with E-state index in [1.54, 1.807) is 18.2 Å². The van der Waals surface area contributed by atoms with E-state index in [0.717, 1.165) is 35.3 Å². The number of rotatable bonds is 4. The summed E-state index contributed by atoms with van der Waals surface area (Å²) in [7, 11) is 1.53. The Morgan fingerprint density at radius 2 is 2.07 bits per heavy atom. The van der Waals surface area contributed by atoms with E-state index in [4.69, 9.17) is 4.74 Å². The number of halogens is 3. The monoisotopic (exact) mass is 402 g/mol. The Balaban J connectivity index is 0.00000225. The summed E-state index contributed by atoms with van der Waals surface area (Å²) in [5, 5.41) is 0. The zero-order valence-corrected chi connectivity index (χ0v) is 16.2. The maximum absolute atomic E-state index is 14.3. The van der Waals surface area contributed by atoms with Crippen molar-refractivity contribution in [3.63, 3.8) is 0 Å². The van der Waals surface area contributed by atoms with Crippen molar-refractivity contribution in [3.8, 4) is 16.9 Å². The van der Waals surface area contributed by atoms with Crippen LogP contribution in [-0.4, -0.2) is 17.1 Å². The van der Waals surface area contributed by atoms with E-state index in [0.29, 0.717) is 23.7 Å². The SMILES string of the molecule is COc1cccc(F)c1-c1ccc2nc(C=CC3CC=C(F)CC3)[nH]c2c1.Cl. The van der Waals surface area contributed by atoms with Crippen LogP contribution in [0.15, 0.2) is 54.4 Å². The van der Waals surface area contributed by atoms with E-state index < -0.39 is 0 Å². The van der Waals surface area contributed by atoms with E-state index >= 15 is 0 Å². The predicted molar refractivity (Wildman–Crippen MR) is 111 cm³/mol. The third-order valence-electron chi connectivity index (χ3n) is 4.91. The van der Waals surface area contributed by atoms with Crippen LogP contribution >= 0.6 is 12.4 Å². The number of fused-ring (bicyclic) bond motifs is 1. The number of benzene rings is 2. The minimum atomic E-state index is -0.328. The molecule has 3 nitrogen and oxygen atoms in total. The first kappa shape index (κ1) is 20.1. The number of hydrogen-bond acceptors (Lipinski definition) is 2. The molecule has 28 heavy (non-hydrogen) atoms. The van der Waals surface area contributed by atoms with Crippen molar-refractivity contribution >= 4 is 29.5 Å². The molecule has 2 aromatic carbocycles. The Hall–Kier alpha value is -2.66. The number of H-pyrrole nitrogens is 1. The summed E-state index contributed by atoms with van der Waals surface area (Å²) in [4.78, 5) is 7.82. The molecule has 0 saturated carbocycles. The maximum atomic E-state index is 14.3. The summed E-state index contributed by atoms with van der Waals surface area (Å²) < 4.78 is 32.7. The molecule has 0 fully saturated rings. The van der Waals surface area contributed by atoms with E-state index in [2.05, 4.69) is 16.0 Å². The van der Waals surface area contributed by atoms with Crippen LogP contribution in [0.5, 0.6) is 5.75 Å². The van der Waals surface area contributed by atoms with Crippen LogP contribution in [0.1, 0.15) is 25.1 Å². The molecular formula is C22H21ClF2N2O. The summed E-state index contributed by atoms with van der Waals surface area (Å²) in [6.07, 6.45) is 7.71. The molecule has 0 bridgehead atoms. The molecule has 1 atom stereocenters. The molecule has 0 aliphatic heterocycles. The van der Waals surface area contributed by atoms with Crippen molar-refractivity contribution in [2.75, 3.05) is 7.11 Å². The summed E-state index contributed by atoms with van der Waals surface area (Å²) in [5.74, 6) is 1.21. The van der Waals surface area contributed by atoms with Gasteiger partial charge in [-0.25, -0.2) is 13.8 Å². The van der Waals surface area contributed by atoms with Gasteiger partial charge >= 0.3 is 0 Å². The van der Waals surface area contributed by atoms with Crippen LogP contribution in [0, 0.1) is 11.7 Å². The van der Waals surface area contributed by atoms with Crippen molar-refractivity contribution in [2.24, 2.45) is 5.92 Å². The van der Waals surface area contributed by atoms with Crippen LogP contribution < -0.4 is 4.74 Å². The second kappa shape index (κ2) is 8.57. The zero-order valence-electron chi connectivity index (χ0n) is 15.4. The molecule has 0 amide bonds. The number of nitrogens with one attached hydrogen (secondary N) is 1. The molecule has 1 aliphatic carbocycles. The molecule has 1 unspecified atom stereocenters. The molecule has 0 radical (unpaired) electrons. The fraction of sp³-hybridized carbons (Fsp3) is 0.227. The number of nitrogens with zero attached hydrogens (tertiary/aromatic N) is 1. The molecule has 3 aromatic rings. The summed E-state index contributed by atoms with van der Waals surface area (Å²) in [6, 6.07) is 10.4. The van der Waals surface area contributed by atoms with Gasteiger partial charge in [-0.05, 0) is 61.1 Å². The lowest BCUT2D eigenvalue weighted by Crippen LogP contribution is -2.00. The lowest BCUT2D eigenvalue weighted by Gasteiger charge is -2.14. The first-order valence-electron chi connectivity index (χ1n) is 8.99. The number of aromatic nitrogens is 2. The van der Waals surface area contributed by atoms with Crippen molar-refractivity contribution in [1.29, 1.82) is 0 Å². The molecule has 1 aromatic heterocycles. The van der Waals surface area contributed by atoms with E-state index in [9.17, 15) is 8.78 Å². The van der Waals surface area contributed by atoms with Crippen molar-refractivity contribution < 1.29 is 13.5 Å². The van der Waals surface area contributed by atoms with Crippen molar-refractivity contribution in [1.82, 2.24) is 9.97 Å². The molecule has 0 spiro atoms. The molecule has 146 valence electrons. The fourth-order valence-electron chi connectivity index (χ4n) is 3.44. The number of methoxy groups -OCH3 is 1. The van der Waals surface area contributed by atoms with Gasteiger partial charge in [0, 0.05) is 0 Å². The van der Waals surface area contributed by atoms with Crippen LogP contribution in [-0.2, 0) is 0 Å². The third kappa shape index (κ3) is 4.09. The molecule has 1 aliphatic rings. The van der Waals surface area contributed by atoms with Crippen LogP contribution in [0.2, 0.25) is 0 Å². The minimum Gasteiger partial charge on any atom is -0.496 e. The molecular weight excluding hydrogens is 382 g/mol. The van der Waals surface area contributed by atoms with Crippen molar-refractivity contribution in [3.05, 3.63) is 66.0 Å². The van der Waals surface area contributed by atoms with E-state index in [-0.39, 0.29) is 24.1 Å². The second-order valence-corrected chi connectivity index (χ2v) is 6.72. The maximum Gasteiger partial charge on any atom is 0.134 e. The predicted octanol–water partition coefficient (Wildman–Crippen LogP) is 6.47. The highest BCUT2D eigenvalue weighted by Gasteiger charge is 2.14. The average molecular weight is 403 g/mol. The topological polar surface area (TPSA) is 37.9 Å². The van der Waals surface area contributed by atoms with Gasteiger partial charge < -0.3 is 9.72 Å². The Bertz CT molecular complexity index is 1040. The lowest BCUT2D eigenvalue weighted by molar-refractivity contribution is 0.413. The van der Waals surface area contributed by atoms with Gasteiger partial charge in [-0.15, -0.1) is 12.4 Å². The third-order valence-corrected chi connectivity index (χ3v) is 4.91. The van der Waals surface area contributed by atoms with Crippen LogP contribution in [0.4, 0.5) is 8.78 Å². The smallest absolute Gasteiger partial charge is 0.134 e. The number of hydrogen-bond donors (Lipinski definition) is 1. The molecule has 0 saturated heterocycles. The lowest BCUT2D eigenvalue weighted by atomic mass is 9.93. The van der Waals surface area contributed by atoms with Gasteiger partial charge in [0.15, 0.2) is 0 Å². The largest absolute Gasteiger partial charge is 0.496 e. The van der Waals surface area contributed by atoms with Gasteiger partial charge in [0.2, 0.25) is 0 Å². The molecule has 4 rings (SSSR count). The first-order chi connectivity index (χ1) is 13.1. The van der Waals surface area contributed by atoms with Gasteiger partial charge in [0.05, 0.1) is 29.5 Å². The number of imidazole rings is 1. The summed E-state index contributed by atoms with van der Waals surface area (Å²) in [6.45, 7) is 0. The Morgan fingerprint density at radius 1 is 1.21 bits per heavy atom. The van der Waals surface area contributed by atoms with E-state index in [1.165, 1.54) is 13.2 Å². The van der Waals surface area contributed by atoms with Gasteiger partial charge in [-0.2, -0.15) is 0 Å². The zero-order chi connectivity index (χ0) is 18.8. The number of aromatic amines is 1. The number of allylic oxidation sites excluding steroid dienone is 3. The normalized spacial score (nSPS) is 16.8. The standard InChI is InChI=1S/C22H20F2N2O.ClH/c1-27-20-4-2-3-17(24)22(20)15-8-11-18-19(13-15)26-21(25-18)12-7-14-5-9-16(23)10-6-14;/h2-4,7-9,11-14H,5-6,10H2,1H3,(H,25,26);1H. The highest BCUT2D eigenvalue weighted by Crippen LogP contribution is 2.34. The Labute approximate surface area is 168 Å². The molecule has 1 heterocycles. The van der Waals surface area contributed by atoms with Crippen molar-refractivity contribution in [2.45, 2.75) is 19.3 Å².